The minimum Gasteiger partial charge on any atom is -0.496 e. The van der Waals surface area contributed by atoms with Crippen LogP contribution in [-0.2, 0) is 16.1 Å². The Labute approximate surface area is 163 Å². The maximum absolute atomic E-state index is 12.7. The number of methoxy groups -OCH3 is 1. The number of hydrogen-bond acceptors (Lipinski definition) is 4. The molecule has 1 aliphatic heterocycles. The minimum absolute atomic E-state index is 0.160. The van der Waals surface area contributed by atoms with Crippen LogP contribution in [0.4, 0.5) is 4.79 Å². The summed E-state index contributed by atoms with van der Waals surface area (Å²) in [6.45, 7) is 1.84. The molecule has 2 N–H and O–H groups in total. The molecule has 6 heteroatoms. The lowest BCUT2D eigenvalue weighted by atomic mass is 10.0. The average molecular weight is 378 g/mol. The van der Waals surface area contributed by atoms with Gasteiger partial charge in [-0.25, -0.2) is 9.59 Å². The Hall–Kier alpha value is -3.54. The van der Waals surface area contributed by atoms with Crippen LogP contribution in [-0.4, -0.2) is 25.2 Å². The van der Waals surface area contributed by atoms with Gasteiger partial charge in [0.1, 0.15) is 12.4 Å². The Morgan fingerprint density at radius 3 is 2.57 bits per heavy atom. The van der Waals surface area contributed by atoms with Crippen molar-refractivity contribution in [3.63, 3.8) is 0 Å². The molecule has 28 heavy (non-hydrogen) atoms. The fraction of sp³-hybridized carbons (Fsp3) is 0.182. The van der Waals surface area contributed by atoms with E-state index in [1.54, 1.807) is 20.1 Å². The molecule has 0 aliphatic carbocycles. The zero-order chi connectivity index (χ0) is 19.9. The molecule has 2 aromatic carbocycles. The van der Waals surface area contributed by atoms with E-state index < -0.39 is 12.0 Å². The van der Waals surface area contributed by atoms with E-state index in [1.165, 1.54) is 0 Å². The van der Waals surface area contributed by atoms with Gasteiger partial charge in [-0.15, -0.1) is 0 Å². The predicted molar refractivity (Wildman–Crippen MR) is 106 cm³/mol. The number of nitrogens with one attached hydrogen (secondary N) is 2. The van der Waals surface area contributed by atoms with E-state index in [9.17, 15) is 9.59 Å². The Balaban J connectivity index is 1.80. The molecular weight excluding hydrogens is 356 g/mol. The molecule has 6 nitrogen and oxygen atoms in total. The smallest absolute Gasteiger partial charge is 0.338 e. The first-order chi connectivity index (χ1) is 13.6. The zero-order valence-corrected chi connectivity index (χ0v) is 15.8. The highest BCUT2D eigenvalue weighted by Gasteiger charge is 2.29. The molecule has 0 fully saturated rings. The molecule has 1 heterocycles. The molecule has 0 saturated carbocycles. The second-order valence-electron chi connectivity index (χ2n) is 6.28. The maximum Gasteiger partial charge on any atom is 0.338 e. The van der Waals surface area contributed by atoms with Crippen molar-refractivity contribution in [1.82, 2.24) is 10.6 Å². The second-order valence-corrected chi connectivity index (χ2v) is 6.28. The highest BCUT2D eigenvalue weighted by Crippen LogP contribution is 2.21. The van der Waals surface area contributed by atoms with E-state index in [1.807, 2.05) is 60.7 Å². The largest absolute Gasteiger partial charge is 0.496 e. The number of hydrogen-bond donors (Lipinski definition) is 2. The summed E-state index contributed by atoms with van der Waals surface area (Å²) in [5.41, 5.74) is 2.56. The van der Waals surface area contributed by atoms with Crippen LogP contribution in [0.25, 0.3) is 6.08 Å². The molecule has 0 aromatic heterocycles. The lowest BCUT2D eigenvalue weighted by Crippen LogP contribution is -2.49. The SMILES string of the molecule is COc1ccccc1C=CC1NC(=O)NC(C)=C1C(=O)OCc1ccccc1. The number of urea groups is 1. The molecular formula is C22H22N2O4. The lowest BCUT2D eigenvalue weighted by Gasteiger charge is -2.25. The van der Waals surface area contributed by atoms with E-state index in [0.717, 1.165) is 11.1 Å². The van der Waals surface area contributed by atoms with Gasteiger partial charge in [-0.3, -0.25) is 0 Å². The Morgan fingerprint density at radius 2 is 1.82 bits per heavy atom. The van der Waals surface area contributed by atoms with Gasteiger partial charge in [0.15, 0.2) is 0 Å². The molecule has 1 unspecified atom stereocenters. The molecule has 2 aromatic rings. The number of amides is 2. The van der Waals surface area contributed by atoms with Crippen molar-refractivity contribution in [1.29, 1.82) is 0 Å². The van der Waals surface area contributed by atoms with Crippen molar-refractivity contribution in [3.8, 4) is 5.75 Å². The molecule has 144 valence electrons. The lowest BCUT2D eigenvalue weighted by molar-refractivity contribution is -0.140. The number of allylic oxidation sites excluding steroid dienone is 1. The van der Waals surface area contributed by atoms with Gasteiger partial charge in [-0.1, -0.05) is 60.7 Å². The highest BCUT2D eigenvalue weighted by atomic mass is 16.5. The molecule has 0 spiro atoms. The van der Waals surface area contributed by atoms with Crippen LogP contribution in [0.1, 0.15) is 18.1 Å². The van der Waals surface area contributed by atoms with E-state index in [2.05, 4.69) is 10.6 Å². The average Bonchev–Trinajstić information content (AvgIpc) is 2.71. The first kappa shape index (κ1) is 19.2. The van der Waals surface area contributed by atoms with Crippen LogP contribution in [0.3, 0.4) is 0 Å². The van der Waals surface area contributed by atoms with Crippen molar-refractivity contribution in [2.24, 2.45) is 0 Å². The molecule has 1 atom stereocenters. The van der Waals surface area contributed by atoms with Gasteiger partial charge in [0.05, 0.1) is 18.7 Å². The number of carbonyl (C=O) groups excluding carboxylic acids is 2. The van der Waals surface area contributed by atoms with E-state index in [4.69, 9.17) is 9.47 Å². The number of esters is 1. The normalized spacial score (nSPS) is 16.5. The van der Waals surface area contributed by atoms with Crippen molar-refractivity contribution in [2.45, 2.75) is 19.6 Å². The summed E-state index contributed by atoms with van der Waals surface area (Å²) in [4.78, 5) is 24.6. The summed E-state index contributed by atoms with van der Waals surface area (Å²) in [6, 6.07) is 16.0. The van der Waals surface area contributed by atoms with Crippen LogP contribution < -0.4 is 15.4 Å². The fourth-order valence-corrected chi connectivity index (χ4v) is 2.95. The van der Waals surface area contributed by atoms with Gasteiger partial charge in [-0.2, -0.15) is 0 Å². The van der Waals surface area contributed by atoms with E-state index >= 15 is 0 Å². The van der Waals surface area contributed by atoms with Gasteiger partial charge in [0.2, 0.25) is 0 Å². The summed E-state index contributed by atoms with van der Waals surface area (Å²) in [6.07, 6.45) is 3.56. The van der Waals surface area contributed by atoms with Crippen LogP contribution in [0.2, 0.25) is 0 Å². The Morgan fingerprint density at radius 1 is 1.11 bits per heavy atom. The number of rotatable bonds is 6. The van der Waals surface area contributed by atoms with Crippen molar-refractivity contribution < 1.29 is 19.1 Å². The van der Waals surface area contributed by atoms with Gasteiger partial charge < -0.3 is 20.1 Å². The molecule has 3 rings (SSSR count). The second kappa shape index (κ2) is 8.90. The van der Waals surface area contributed by atoms with E-state index in [-0.39, 0.29) is 12.6 Å². The number of carbonyl (C=O) groups is 2. The highest BCUT2D eigenvalue weighted by molar-refractivity contribution is 5.95. The van der Waals surface area contributed by atoms with Crippen LogP contribution in [0, 0.1) is 0 Å². The van der Waals surface area contributed by atoms with Crippen molar-refractivity contribution >= 4 is 18.1 Å². The van der Waals surface area contributed by atoms with Crippen LogP contribution in [0.5, 0.6) is 5.75 Å². The maximum atomic E-state index is 12.7. The molecule has 0 bridgehead atoms. The first-order valence-electron chi connectivity index (χ1n) is 8.89. The first-order valence-corrected chi connectivity index (χ1v) is 8.89. The van der Waals surface area contributed by atoms with Gasteiger partial charge in [0.25, 0.3) is 0 Å². The Bertz CT molecular complexity index is 919. The Kier molecular flexibility index (Phi) is 6.11. The van der Waals surface area contributed by atoms with Gasteiger partial charge >= 0.3 is 12.0 Å². The molecule has 1 aliphatic rings. The van der Waals surface area contributed by atoms with Crippen molar-refractivity contribution in [2.75, 3.05) is 7.11 Å². The summed E-state index contributed by atoms with van der Waals surface area (Å²) >= 11 is 0. The predicted octanol–water partition coefficient (Wildman–Crippen LogP) is 3.41. The summed E-state index contributed by atoms with van der Waals surface area (Å²) in [5, 5.41) is 5.38. The van der Waals surface area contributed by atoms with Gasteiger partial charge in [0, 0.05) is 11.3 Å². The van der Waals surface area contributed by atoms with Crippen molar-refractivity contribution in [3.05, 3.63) is 83.1 Å². The summed E-state index contributed by atoms with van der Waals surface area (Å²) in [7, 11) is 1.59. The minimum atomic E-state index is -0.609. The molecule has 0 saturated heterocycles. The fourth-order valence-electron chi connectivity index (χ4n) is 2.95. The third-order valence-corrected chi connectivity index (χ3v) is 4.34. The number of ether oxygens (including phenoxy) is 2. The quantitative estimate of drug-likeness (QED) is 0.756. The topological polar surface area (TPSA) is 76.7 Å². The van der Waals surface area contributed by atoms with E-state index in [0.29, 0.717) is 17.0 Å². The third kappa shape index (κ3) is 4.59. The van der Waals surface area contributed by atoms with Crippen LogP contribution >= 0.6 is 0 Å². The van der Waals surface area contributed by atoms with Gasteiger partial charge in [-0.05, 0) is 18.6 Å². The monoisotopic (exact) mass is 378 g/mol. The molecule has 2 amide bonds. The summed E-state index contributed by atoms with van der Waals surface area (Å²) in [5.74, 6) is 0.219. The number of benzene rings is 2. The standard InChI is InChI=1S/C22H22N2O4/c1-15-20(21(25)28-14-16-8-4-3-5-9-16)18(24-22(26)23-15)13-12-17-10-6-7-11-19(17)27-2/h3-13,18H,14H2,1-2H3,(H2,23,24,26). The third-order valence-electron chi connectivity index (χ3n) is 4.34. The zero-order valence-electron chi connectivity index (χ0n) is 15.8. The van der Waals surface area contributed by atoms with Crippen LogP contribution in [0.15, 0.2) is 71.9 Å². The summed E-state index contributed by atoms with van der Waals surface area (Å²) < 4.78 is 10.8. The molecule has 0 radical (unpaired) electrons. The number of para-hydroxylation sites is 1.